The van der Waals surface area contributed by atoms with E-state index in [4.69, 9.17) is 0 Å². The molecule has 3 rings (SSSR count). The van der Waals surface area contributed by atoms with Crippen LogP contribution in [0, 0.1) is 0 Å². The SMILES string of the molecule is CNC(=O)c1ccc(N2C=CCN(C(=O)c3ccccc3C(F)(F)F)C2)nc1. The number of hydrogen-bond donors (Lipinski definition) is 1. The summed E-state index contributed by atoms with van der Waals surface area (Å²) in [5.41, 5.74) is -0.985. The highest BCUT2D eigenvalue weighted by Gasteiger charge is 2.36. The largest absolute Gasteiger partial charge is 0.417 e. The van der Waals surface area contributed by atoms with E-state index in [1.165, 1.54) is 36.3 Å². The summed E-state index contributed by atoms with van der Waals surface area (Å²) in [5, 5.41) is 2.49. The Balaban J connectivity index is 1.81. The van der Waals surface area contributed by atoms with E-state index in [0.717, 1.165) is 6.07 Å². The van der Waals surface area contributed by atoms with Gasteiger partial charge in [-0.25, -0.2) is 4.98 Å². The van der Waals surface area contributed by atoms with Crippen molar-refractivity contribution < 1.29 is 22.8 Å². The second-order valence-electron chi connectivity index (χ2n) is 6.05. The predicted molar refractivity (Wildman–Crippen MR) is 96.6 cm³/mol. The normalized spacial score (nSPS) is 14.1. The zero-order valence-corrected chi connectivity index (χ0v) is 14.9. The first-order valence-electron chi connectivity index (χ1n) is 8.38. The Hall–Kier alpha value is -3.36. The van der Waals surface area contributed by atoms with Gasteiger partial charge in [0, 0.05) is 26.0 Å². The van der Waals surface area contributed by atoms with Crippen LogP contribution in [0.2, 0.25) is 0 Å². The summed E-state index contributed by atoms with van der Waals surface area (Å²) < 4.78 is 39.6. The van der Waals surface area contributed by atoms with Crippen LogP contribution in [-0.4, -0.2) is 42.0 Å². The Morgan fingerprint density at radius 1 is 1.14 bits per heavy atom. The highest BCUT2D eigenvalue weighted by Crippen LogP contribution is 2.32. The van der Waals surface area contributed by atoms with Crippen LogP contribution >= 0.6 is 0 Å². The van der Waals surface area contributed by atoms with Gasteiger partial charge in [-0.05, 0) is 30.3 Å². The zero-order valence-electron chi connectivity index (χ0n) is 14.9. The topological polar surface area (TPSA) is 65.5 Å². The molecule has 0 saturated carbocycles. The summed E-state index contributed by atoms with van der Waals surface area (Å²) in [4.78, 5) is 31.4. The average Bonchev–Trinajstić information content (AvgIpc) is 2.72. The van der Waals surface area contributed by atoms with Crippen molar-refractivity contribution >= 4 is 17.6 Å². The molecule has 2 aromatic rings. The lowest BCUT2D eigenvalue weighted by Gasteiger charge is -2.32. The van der Waals surface area contributed by atoms with Gasteiger partial charge in [-0.3, -0.25) is 9.59 Å². The van der Waals surface area contributed by atoms with E-state index < -0.39 is 23.2 Å². The summed E-state index contributed by atoms with van der Waals surface area (Å²) in [6, 6.07) is 7.90. The number of benzene rings is 1. The second-order valence-corrected chi connectivity index (χ2v) is 6.05. The van der Waals surface area contributed by atoms with Gasteiger partial charge in [0.05, 0.1) is 23.4 Å². The number of nitrogens with one attached hydrogen (secondary N) is 1. The molecule has 0 bridgehead atoms. The molecule has 0 fully saturated rings. The highest BCUT2D eigenvalue weighted by atomic mass is 19.4. The quantitative estimate of drug-likeness (QED) is 0.875. The highest BCUT2D eigenvalue weighted by molar-refractivity contribution is 5.96. The number of halogens is 3. The number of aromatic nitrogens is 1. The molecular weight excluding hydrogens is 373 g/mol. The lowest BCUT2D eigenvalue weighted by Crippen LogP contribution is -2.43. The molecule has 28 heavy (non-hydrogen) atoms. The molecule has 0 radical (unpaired) electrons. The molecule has 1 aromatic carbocycles. The van der Waals surface area contributed by atoms with Crippen molar-refractivity contribution in [1.82, 2.24) is 15.2 Å². The van der Waals surface area contributed by atoms with E-state index in [2.05, 4.69) is 10.3 Å². The molecular formula is C19H17F3N4O2. The fraction of sp³-hybridized carbons (Fsp3) is 0.211. The Morgan fingerprint density at radius 2 is 1.89 bits per heavy atom. The van der Waals surface area contributed by atoms with Crippen LogP contribution in [0.1, 0.15) is 26.3 Å². The number of carbonyl (C=O) groups is 2. The smallest absolute Gasteiger partial charge is 0.355 e. The van der Waals surface area contributed by atoms with Crippen molar-refractivity contribution in [1.29, 1.82) is 0 Å². The Bertz CT molecular complexity index is 910. The molecule has 2 heterocycles. The van der Waals surface area contributed by atoms with Crippen molar-refractivity contribution in [3.05, 3.63) is 71.6 Å². The third-order valence-electron chi connectivity index (χ3n) is 4.22. The van der Waals surface area contributed by atoms with Gasteiger partial charge in [0.25, 0.3) is 11.8 Å². The Kier molecular flexibility index (Phi) is 5.34. The summed E-state index contributed by atoms with van der Waals surface area (Å²) in [7, 11) is 1.51. The molecule has 1 N–H and O–H groups in total. The van der Waals surface area contributed by atoms with Gasteiger partial charge < -0.3 is 15.1 Å². The molecule has 0 spiro atoms. The summed E-state index contributed by atoms with van der Waals surface area (Å²) in [5.74, 6) is -0.538. The van der Waals surface area contributed by atoms with E-state index in [1.54, 1.807) is 29.3 Å². The molecule has 2 amide bonds. The Morgan fingerprint density at radius 3 is 2.54 bits per heavy atom. The minimum atomic E-state index is -4.62. The maximum Gasteiger partial charge on any atom is 0.417 e. The molecule has 1 aliphatic heterocycles. The van der Waals surface area contributed by atoms with E-state index in [1.807, 2.05) is 0 Å². The van der Waals surface area contributed by atoms with Gasteiger partial charge >= 0.3 is 6.18 Å². The van der Waals surface area contributed by atoms with Gasteiger partial charge in [-0.2, -0.15) is 13.2 Å². The lowest BCUT2D eigenvalue weighted by atomic mass is 10.1. The summed E-state index contributed by atoms with van der Waals surface area (Å²) >= 11 is 0. The molecule has 1 aromatic heterocycles. The van der Waals surface area contributed by atoms with Crippen LogP contribution in [0.25, 0.3) is 0 Å². The number of amides is 2. The molecule has 0 unspecified atom stereocenters. The van der Waals surface area contributed by atoms with Crippen molar-refractivity contribution in [3.8, 4) is 0 Å². The van der Waals surface area contributed by atoms with E-state index >= 15 is 0 Å². The summed E-state index contributed by atoms with van der Waals surface area (Å²) in [6.45, 7) is 0.214. The van der Waals surface area contributed by atoms with Crippen molar-refractivity contribution in [2.75, 3.05) is 25.2 Å². The van der Waals surface area contributed by atoms with Gasteiger partial charge in [0.15, 0.2) is 0 Å². The van der Waals surface area contributed by atoms with Gasteiger partial charge in [0.1, 0.15) is 5.82 Å². The first kappa shape index (κ1) is 19.4. The zero-order chi connectivity index (χ0) is 20.3. The number of alkyl halides is 3. The number of pyridine rings is 1. The van der Waals surface area contributed by atoms with Crippen molar-refractivity contribution in [2.24, 2.45) is 0 Å². The van der Waals surface area contributed by atoms with E-state index in [9.17, 15) is 22.8 Å². The van der Waals surface area contributed by atoms with Gasteiger partial charge in [-0.15, -0.1) is 0 Å². The lowest BCUT2D eigenvalue weighted by molar-refractivity contribution is -0.138. The van der Waals surface area contributed by atoms with Gasteiger partial charge in [0.2, 0.25) is 0 Å². The number of carbonyl (C=O) groups excluding carboxylic acids is 2. The Labute approximate surface area is 159 Å². The second kappa shape index (κ2) is 7.71. The first-order valence-corrected chi connectivity index (χ1v) is 8.38. The van der Waals surface area contributed by atoms with Crippen LogP contribution in [0.3, 0.4) is 0 Å². The van der Waals surface area contributed by atoms with Crippen molar-refractivity contribution in [3.63, 3.8) is 0 Å². The molecule has 146 valence electrons. The number of rotatable bonds is 3. The molecule has 0 saturated heterocycles. The first-order chi connectivity index (χ1) is 13.3. The predicted octanol–water partition coefficient (Wildman–Crippen LogP) is 2.89. The minimum Gasteiger partial charge on any atom is -0.355 e. The molecule has 6 nitrogen and oxygen atoms in total. The molecule has 0 atom stereocenters. The maximum atomic E-state index is 13.2. The van der Waals surface area contributed by atoms with Crippen LogP contribution in [0.5, 0.6) is 0 Å². The summed E-state index contributed by atoms with van der Waals surface area (Å²) in [6.07, 6.45) is 0.129. The number of hydrogen-bond acceptors (Lipinski definition) is 4. The molecule has 9 heteroatoms. The fourth-order valence-electron chi connectivity index (χ4n) is 2.81. The third kappa shape index (κ3) is 3.98. The van der Waals surface area contributed by atoms with Crippen LogP contribution < -0.4 is 10.2 Å². The molecule has 1 aliphatic rings. The molecule has 0 aliphatic carbocycles. The maximum absolute atomic E-state index is 13.2. The monoisotopic (exact) mass is 390 g/mol. The average molecular weight is 390 g/mol. The number of anilines is 1. The van der Waals surface area contributed by atoms with Crippen LogP contribution in [0.15, 0.2) is 54.9 Å². The van der Waals surface area contributed by atoms with Gasteiger partial charge in [-0.1, -0.05) is 12.1 Å². The minimum absolute atomic E-state index is 0.0356. The van der Waals surface area contributed by atoms with Crippen LogP contribution in [-0.2, 0) is 6.18 Å². The van der Waals surface area contributed by atoms with E-state index in [-0.39, 0.29) is 19.1 Å². The van der Waals surface area contributed by atoms with Crippen molar-refractivity contribution in [2.45, 2.75) is 6.18 Å². The fourth-order valence-corrected chi connectivity index (χ4v) is 2.81. The third-order valence-corrected chi connectivity index (χ3v) is 4.22. The van der Waals surface area contributed by atoms with E-state index in [0.29, 0.717) is 11.4 Å². The number of nitrogens with zero attached hydrogens (tertiary/aromatic N) is 3. The standard InChI is InChI=1S/C19H17F3N4O2/c1-23-17(27)13-7-8-16(24-11-13)25-9-4-10-26(12-25)18(28)14-5-2-3-6-15(14)19(20,21)22/h2-9,11H,10,12H2,1H3,(H,23,27). The van der Waals surface area contributed by atoms with Crippen LogP contribution in [0.4, 0.5) is 19.0 Å².